The molecule has 0 bridgehead atoms. The van der Waals surface area contributed by atoms with Crippen molar-refractivity contribution in [3.63, 3.8) is 0 Å². The Kier molecular flexibility index (Phi) is 6.12. The number of amides is 1. The first kappa shape index (κ1) is 20.3. The van der Waals surface area contributed by atoms with Gasteiger partial charge in [0.25, 0.3) is 5.91 Å². The highest BCUT2D eigenvalue weighted by Gasteiger charge is 2.24. The predicted molar refractivity (Wildman–Crippen MR) is 112 cm³/mol. The smallest absolute Gasteiger partial charge is 0.308 e. The fraction of sp³-hybridized carbons (Fsp3) is 0.261. The van der Waals surface area contributed by atoms with Gasteiger partial charge in [0, 0.05) is 17.8 Å². The fourth-order valence-corrected chi connectivity index (χ4v) is 2.99. The van der Waals surface area contributed by atoms with Crippen molar-refractivity contribution < 1.29 is 14.7 Å². The SMILES string of the molecule is Cc1ccc(-c2nn(Cc3ccccc3)cc2C(=O)NC(C)C(C)C(=O)O)cc1. The Morgan fingerprint density at radius 1 is 1.07 bits per heavy atom. The summed E-state index contributed by atoms with van der Waals surface area (Å²) in [7, 11) is 0. The number of carboxylic acids is 1. The molecule has 2 unspecified atom stereocenters. The van der Waals surface area contributed by atoms with E-state index in [0.717, 1.165) is 16.7 Å². The summed E-state index contributed by atoms with van der Waals surface area (Å²) in [6, 6.07) is 17.2. The number of rotatable bonds is 7. The van der Waals surface area contributed by atoms with Crippen LogP contribution in [0.4, 0.5) is 0 Å². The molecule has 0 saturated carbocycles. The third-order valence-corrected chi connectivity index (χ3v) is 5.02. The number of hydrogen-bond acceptors (Lipinski definition) is 3. The molecule has 0 aliphatic heterocycles. The van der Waals surface area contributed by atoms with Crippen molar-refractivity contribution in [3.8, 4) is 11.3 Å². The number of carbonyl (C=O) groups excluding carboxylic acids is 1. The van der Waals surface area contributed by atoms with Crippen LogP contribution in [0, 0.1) is 12.8 Å². The van der Waals surface area contributed by atoms with Crippen molar-refractivity contribution in [1.82, 2.24) is 15.1 Å². The number of aliphatic carboxylic acids is 1. The van der Waals surface area contributed by atoms with Crippen molar-refractivity contribution in [2.45, 2.75) is 33.4 Å². The molecule has 0 aliphatic carbocycles. The summed E-state index contributed by atoms with van der Waals surface area (Å²) in [5.74, 6) is -1.97. The van der Waals surface area contributed by atoms with Crippen LogP contribution >= 0.6 is 0 Å². The highest BCUT2D eigenvalue weighted by atomic mass is 16.4. The lowest BCUT2D eigenvalue weighted by molar-refractivity contribution is -0.141. The lowest BCUT2D eigenvalue weighted by Gasteiger charge is -2.17. The molecule has 3 rings (SSSR count). The highest BCUT2D eigenvalue weighted by molar-refractivity contribution is 6.00. The van der Waals surface area contributed by atoms with E-state index in [0.29, 0.717) is 17.8 Å². The first-order chi connectivity index (χ1) is 13.8. The maximum absolute atomic E-state index is 13.0. The van der Waals surface area contributed by atoms with Crippen molar-refractivity contribution in [3.05, 3.63) is 77.5 Å². The van der Waals surface area contributed by atoms with E-state index in [1.165, 1.54) is 0 Å². The summed E-state index contributed by atoms with van der Waals surface area (Å²) in [5.41, 5.74) is 4.03. The summed E-state index contributed by atoms with van der Waals surface area (Å²) in [4.78, 5) is 24.2. The minimum absolute atomic E-state index is 0.333. The molecule has 1 aromatic heterocycles. The van der Waals surface area contributed by atoms with Gasteiger partial charge in [-0.3, -0.25) is 14.3 Å². The van der Waals surface area contributed by atoms with Crippen LogP contribution in [-0.2, 0) is 11.3 Å². The van der Waals surface area contributed by atoms with Gasteiger partial charge in [-0.1, -0.05) is 60.2 Å². The summed E-state index contributed by atoms with van der Waals surface area (Å²) in [6.07, 6.45) is 1.72. The lowest BCUT2D eigenvalue weighted by Crippen LogP contribution is -2.40. The normalized spacial score (nSPS) is 12.9. The number of nitrogens with zero attached hydrogens (tertiary/aromatic N) is 2. The van der Waals surface area contributed by atoms with Crippen molar-refractivity contribution in [2.24, 2.45) is 5.92 Å². The van der Waals surface area contributed by atoms with E-state index < -0.39 is 17.9 Å². The second-order valence-corrected chi connectivity index (χ2v) is 7.33. The number of benzene rings is 2. The Morgan fingerprint density at radius 2 is 1.72 bits per heavy atom. The first-order valence-corrected chi connectivity index (χ1v) is 9.57. The number of hydrogen-bond donors (Lipinski definition) is 2. The Balaban J connectivity index is 1.93. The molecule has 0 aliphatic rings. The van der Waals surface area contributed by atoms with Gasteiger partial charge in [0.15, 0.2) is 0 Å². The number of carbonyl (C=O) groups is 2. The Bertz CT molecular complexity index is 994. The standard InChI is InChI=1S/C23H25N3O3/c1-15-9-11-19(12-10-15)21-20(22(27)24-17(3)16(2)23(28)29)14-26(25-21)13-18-7-5-4-6-8-18/h4-12,14,16-17H,13H2,1-3H3,(H,24,27)(H,28,29). The molecular weight excluding hydrogens is 366 g/mol. The number of aryl methyl sites for hydroxylation is 1. The van der Waals surface area contributed by atoms with Crippen molar-refractivity contribution in [1.29, 1.82) is 0 Å². The third kappa shape index (κ3) is 4.90. The summed E-state index contributed by atoms with van der Waals surface area (Å²) in [5, 5.41) is 16.7. The van der Waals surface area contributed by atoms with E-state index >= 15 is 0 Å². The number of aromatic nitrogens is 2. The molecule has 0 saturated heterocycles. The molecule has 2 atom stereocenters. The van der Waals surface area contributed by atoms with Crippen molar-refractivity contribution in [2.75, 3.05) is 0 Å². The molecule has 29 heavy (non-hydrogen) atoms. The Morgan fingerprint density at radius 3 is 2.34 bits per heavy atom. The largest absolute Gasteiger partial charge is 0.481 e. The van der Waals surface area contributed by atoms with Crippen LogP contribution in [0.3, 0.4) is 0 Å². The van der Waals surface area contributed by atoms with Crippen LogP contribution in [-0.4, -0.2) is 32.8 Å². The van der Waals surface area contributed by atoms with Gasteiger partial charge in [0.2, 0.25) is 0 Å². The molecule has 1 heterocycles. The molecule has 6 nitrogen and oxygen atoms in total. The molecule has 6 heteroatoms. The van der Waals surface area contributed by atoms with Gasteiger partial charge in [-0.25, -0.2) is 0 Å². The zero-order valence-electron chi connectivity index (χ0n) is 16.8. The van der Waals surface area contributed by atoms with Gasteiger partial charge in [0.1, 0.15) is 5.69 Å². The van der Waals surface area contributed by atoms with Crippen LogP contribution in [0.15, 0.2) is 60.8 Å². The van der Waals surface area contributed by atoms with Crippen LogP contribution in [0.25, 0.3) is 11.3 Å². The quantitative estimate of drug-likeness (QED) is 0.642. The minimum atomic E-state index is -0.948. The molecule has 0 radical (unpaired) electrons. The summed E-state index contributed by atoms with van der Waals surface area (Å²) < 4.78 is 1.74. The lowest BCUT2D eigenvalue weighted by atomic mass is 10.0. The molecule has 150 valence electrons. The highest BCUT2D eigenvalue weighted by Crippen LogP contribution is 2.23. The van der Waals surface area contributed by atoms with Crippen LogP contribution in [0.1, 0.15) is 35.3 Å². The van der Waals surface area contributed by atoms with E-state index in [1.807, 2.05) is 61.5 Å². The number of nitrogens with one attached hydrogen (secondary N) is 1. The number of carboxylic acid groups (broad SMARTS) is 1. The average molecular weight is 391 g/mol. The van der Waals surface area contributed by atoms with E-state index in [2.05, 4.69) is 10.4 Å². The molecule has 0 spiro atoms. The van der Waals surface area contributed by atoms with Crippen molar-refractivity contribution >= 4 is 11.9 Å². The van der Waals surface area contributed by atoms with Gasteiger partial charge < -0.3 is 10.4 Å². The molecule has 2 aromatic carbocycles. The zero-order chi connectivity index (χ0) is 21.0. The third-order valence-electron chi connectivity index (χ3n) is 5.02. The average Bonchev–Trinajstić information content (AvgIpc) is 3.12. The summed E-state index contributed by atoms with van der Waals surface area (Å²) in [6.45, 7) is 5.80. The van der Waals surface area contributed by atoms with E-state index in [-0.39, 0.29) is 5.91 Å². The molecule has 3 aromatic rings. The van der Waals surface area contributed by atoms with Crippen LogP contribution in [0.2, 0.25) is 0 Å². The van der Waals surface area contributed by atoms with Crippen LogP contribution < -0.4 is 5.32 Å². The maximum atomic E-state index is 13.0. The van der Waals surface area contributed by atoms with E-state index in [1.54, 1.807) is 24.7 Å². The maximum Gasteiger partial charge on any atom is 0.308 e. The topological polar surface area (TPSA) is 84.2 Å². The van der Waals surface area contributed by atoms with Gasteiger partial charge in [-0.15, -0.1) is 0 Å². The second kappa shape index (κ2) is 8.73. The monoisotopic (exact) mass is 391 g/mol. The van der Waals surface area contributed by atoms with Gasteiger partial charge in [0.05, 0.1) is 18.0 Å². The molecular formula is C23H25N3O3. The van der Waals surface area contributed by atoms with Gasteiger partial charge in [-0.2, -0.15) is 5.10 Å². The minimum Gasteiger partial charge on any atom is -0.481 e. The first-order valence-electron chi connectivity index (χ1n) is 9.57. The summed E-state index contributed by atoms with van der Waals surface area (Å²) >= 11 is 0. The Hall–Kier alpha value is -3.41. The molecule has 1 amide bonds. The molecule has 0 fully saturated rings. The fourth-order valence-electron chi connectivity index (χ4n) is 2.99. The predicted octanol–water partition coefficient (Wildman–Crippen LogP) is 3.75. The Labute approximate surface area is 170 Å². The van der Waals surface area contributed by atoms with Gasteiger partial charge in [-0.05, 0) is 26.3 Å². The van der Waals surface area contributed by atoms with Gasteiger partial charge >= 0.3 is 5.97 Å². The zero-order valence-corrected chi connectivity index (χ0v) is 16.8. The second-order valence-electron chi connectivity index (χ2n) is 7.33. The van der Waals surface area contributed by atoms with Crippen LogP contribution in [0.5, 0.6) is 0 Å². The van der Waals surface area contributed by atoms with E-state index in [4.69, 9.17) is 0 Å². The van der Waals surface area contributed by atoms with E-state index in [9.17, 15) is 14.7 Å². The molecule has 2 N–H and O–H groups in total.